The molecule has 1 fully saturated rings. The first-order valence-electron chi connectivity index (χ1n) is 9.83. The van der Waals surface area contributed by atoms with Crippen LogP contribution in [0.3, 0.4) is 0 Å². The van der Waals surface area contributed by atoms with E-state index in [1.54, 1.807) is 41.3 Å². The van der Waals surface area contributed by atoms with E-state index in [0.29, 0.717) is 34.4 Å². The van der Waals surface area contributed by atoms with E-state index in [4.69, 9.17) is 11.6 Å². The van der Waals surface area contributed by atoms with Gasteiger partial charge in [-0.05, 0) is 42.7 Å². The first kappa shape index (κ1) is 19.3. The summed E-state index contributed by atoms with van der Waals surface area (Å²) in [5.41, 5.74) is 1.30. The van der Waals surface area contributed by atoms with Crippen molar-refractivity contribution in [2.24, 2.45) is 11.8 Å². The van der Waals surface area contributed by atoms with E-state index in [2.05, 4.69) is 5.32 Å². The molecule has 1 unspecified atom stereocenters. The first-order valence-corrected chi connectivity index (χ1v) is 11.8. The minimum Gasteiger partial charge on any atom is -0.356 e. The van der Waals surface area contributed by atoms with Crippen molar-refractivity contribution in [2.45, 2.75) is 24.2 Å². The predicted octanol–water partition coefficient (Wildman–Crippen LogP) is 4.03. The summed E-state index contributed by atoms with van der Waals surface area (Å²) >= 11 is 6.13. The van der Waals surface area contributed by atoms with E-state index >= 15 is 0 Å². The van der Waals surface area contributed by atoms with Gasteiger partial charge in [0.1, 0.15) is 5.92 Å². The second-order valence-corrected chi connectivity index (χ2v) is 10.1. The topological polar surface area (TPSA) is 83.6 Å². The average molecular weight is 443 g/mol. The highest BCUT2D eigenvalue weighted by Crippen LogP contribution is 2.40. The van der Waals surface area contributed by atoms with Crippen LogP contribution in [0.15, 0.2) is 58.5 Å². The van der Waals surface area contributed by atoms with Gasteiger partial charge >= 0.3 is 0 Å². The molecule has 1 atom stereocenters. The summed E-state index contributed by atoms with van der Waals surface area (Å²) in [6.45, 7) is 0.485. The van der Waals surface area contributed by atoms with Crippen molar-refractivity contribution in [3.8, 4) is 0 Å². The average Bonchev–Trinajstić information content (AvgIpc) is 3.52. The standard InChI is InChI=1S/C22H19ClN2O4S/c23-14-7-8-18-15(11-14)21(26)20(22(27)25(18)10-9-13-5-6-13)17-12-30(28,29)19-4-2-1-3-16(19)24-17/h1-4,7-8,11-13,20,24H,5-6,9-10H2. The van der Waals surface area contributed by atoms with Gasteiger partial charge in [0.15, 0.2) is 5.78 Å². The molecule has 0 spiro atoms. The molecular formula is C22H19ClN2O4S. The normalized spacial score (nSPS) is 22.1. The maximum absolute atomic E-state index is 13.4. The second kappa shape index (κ2) is 6.96. The minimum absolute atomic E-state index is 0.0748. The number of fused-ring (bicyclic) bond motifs is 2. The van der Waals surface area contributed by atoms with Gasteiger partial charge in [-0.3, -0.25) is 9.59 Å². The van der Waals surface area contributed by atoms with Crippen LogP contribution in [0.5, 0.6) is 0 Å². The van der Waals surface area contributed by atoms with Gasteiger partial charge in [0.25, 0.3) is 0 Å². The number of anilines is 2. The Hall–Kier alpha value is -2.64. The first-order chi connectivity index (χ1) is 14.3. The highest BCUT2D eigenvalue weighted by Gasteiger charge is 2.44. The summed E-state index contributed by atoms with van der Waals surface area (Å²) in [6, 6.07) is 11.3. The Morgan fingerprint density at radius 2 is 1.87 bits per heavy atom. The molecule has 2 heterocycles. The maximum Gasteiger partial charge on any atom is 0.244 e. The third kappa shape index (κ3) is 3.22. The van der Waals surface area contributed by atoms with Crippen LogP contribution in [-0.4, -0.2) is 26.7 Å². The molecule has 0 radical (unpaired) electrons. The number of halogens is 1. The second-order valence-electron chi connectivity index (χ2n) is 7.92. The van der Waals surface area contributed by atoms with E-state index in [9.17, 15) is 18.0 Å². The van der Waals surface area contributed by atoms with Gasteiger partial charge in [0.2, 0.25) is 15.7 Å². The van der Waals surface area contributed by atoms with E-state index in [1.807, 2.05) is 0 Å². The Morgan fingerprint density at radius 1 is 1.10 bits per heavy atom. The molecule has 1 N–H and O–H groups in total. The molecular weight excluding hydrogens is 424 g/mol. The highest BCUT2D eigenvalue weighted by atomic mass is 35.5. The number of amides is 1. The molecule has 2 aromatic rings. The lowest BCUT2D eigenvalue weighted by molar-refractivity contribution is -0.120. The summed E-state index contributed by atoms with van der Waals surface area (Å²) in [5, 5.41) is 4.40. The fourth-order valence-electron chi connectivity index (χ4n) is 4.08. The molecule has 1 amide bonds. The number of sulfone groups is 1. The maximum atomic E-state index is 13.4. The number of carbonyl (C=O) groups is 2. The summed E-state index contributed by atoms with van der Waals surface area (Å²) in [7, 11) is -3.78. The quantitative estimate of drug-likeness (QED) is 0.723. The number of nitrogens with one attached hydrogen (secondary N) is 1. The molecule has 154 valence electrons. The lowest BCUT2D eigenvalue weighted by atomic mass is 9.87. The fraction of sp³-hybridized carbons (Fsp3) is 0.273. The molecule has 1 saturated carbocycles. The number of rotatable bonds is 4. The molecule has 0 bridgehead atoms. The lowest BCUT2D eigenvalue weighted by Gasteiger charge is -2.35. The number of benzene rings is 2. The molecule has 0 aromatic heterocycles. The highest BCUT2D eigenvalue weighted by molar-refractivity contribution is 7.94. The summed E-state index contributed by atoms with van der Waals surface area (Å²) < 4.78 is 25.5. The third-order valence-electron chi connectivity index (χ3n) is 5.81. The summed E-state index contributed by atoms with van der Waals surface area (Å²) in [4.78, 5) is 28.5. The van der Waals surface area contributed by atoms with Gasteiger partial charge in [0, 0.05) is 22.8 Å². The number of hydrogen-bond acceptors (Lipinski definition) is 5. The predicted molar refractivity (Wildman–Crippen MR) is 114 cm³/mol. The van der Waals surface area contributed by atoms with Crippen LogP contribution in [0.1, 0.15) is 29.6 Å². The molecule has 6 nitrogen and oxygen atoms in total. The fourth-order valence-corrected chi connectivity index (χ4v) is 5.60. The third-order valence-corrected chi connectivity index (χ3v) is 7.58. The van der Waals surface area contributed by atoms with Crippen LogP contribution in [0.2, 0.25) is 5.02 Å². The van der Waals surface area contributed by atoms with Crippen molar-refractivity contribution in [1.82, 2.24) is 0 Å². The Kier molecular flexibility index (Phi) is 4.48. The van der Waals surface area contributed by atoms with Crippen molar-refractivity contribution in [3.05, 3.63) is 64.2 Å². The Bertz CT molecular complexity index is 1220. The molecule has 2 aromatic carbocycles. The molecule has 3 aliphatic rings. The molecule has 0 saturated heterocycles. The Morgan fingerprint density at radius 3 is 2.63 bits per heavy atom. The Balaban J connectivity index is 1.59. The van der Waals surface area contributed by atoms with Crippen LogP contribution in [-0.2, 0) is 14.6 Å². The molecule has 30 heavy (non-hydrogen) atoms. The van der Waals surface area contributed by atoms with Gasteiger partial charge in [-0.1, -0.05) is 36.6 Å². The number of para-hydroxylation sites is 1. The number of ketones is 1. The van der Waals surface area contributed by atoms with E-state index in [1.165, 1.54) is 6.07 Å². The smallest absolute Gasteiger partial charge is 0.244 e. The molecule has 8 heteroatoms. The van der Waals surface area contributed by atoms with E-state index in [-0.39, 0.29) is 10.6 Å². The zero-order valence-electron chi connectivity index (χ0n) is 16.0. The van der Waals surface area contributed by atoms with Crippen LogP contribution in [0.4, 0.5) is 11.4 Å². The van der Waals surface area contributed by atoms with Crippen LogP contribution >= 0.6 is 11.6 Å². The van der Waals surface area contributed by atoms with E-state index < -0.39 is 27.4 Å². The SMILES string of the molecule is O=C1c2cc(Cl)ccc2N(CCC2CC2)C(=O)C1C1=CS(=O)(=O)c2ccccc2N1. The number of Topliss-reactive ketones (excluding diaryl/α,β-unsaturated/α-hetero) is 1. The summed E-state index contributed by atoms with van der Waals surface area (Å²) in [5.74, 6) is -1.51. The van der Waals surface area contributed by atoms with E-state index in [0.717, 1.165) is 24.7 Å². The zero-order chi connectivity index (χ0) is 21.0. The van der Waals surface area contributed by atoms with Crippen LogP contribution in [0, 0.1) is 11.8 Å². The van der Waals surface area contributed by atoms with Crippen molar-refractivity contribution in [3.63, 3.8) is 0 Å². The van der Waals surface area contributed by atoms with Crippen LogP contribution in [0.25, 0.3) is 0 Å². The van der Waals surface area contributed by atoms with Crippen molar-refractivity contribution in [2.75, 3.05) is 16.8 Å². The van der Waals surface area contributed by atoms with Gasteiger partial charge in [0.05, 0.1) is 21.7 Å². The summed E-state index contributed by atoms with van der Waals surface area (Å²) in [6.07, 6.45) is 3.15. The van der Waals surface area contributed by atoms with Crippen LogP contribution < -0.4 is 10.2 Å². The monoisotopic (exact) mass is 442 g/mol. The molecule has 1 aliphatic carbocycles. The minimum atomic E-state index is -3.78. The molecule has 2 aliphatic heterocycles. The Labute approximate surface area is 179 Å². The van der Waals surface area contributed by atoms with Gasteiger partial charge in [-0.25, -0.2) is 8.42 Å². The van der Waals surface area contributed by atoms with Gasteiger partial charge < -0.3 is 10.2 Å². The van der Waals surface area contributed by atoms with Crippen molar-refractivity contribution < 1.29 is 18.0 Å². The van der Waals surface area contributed by atoms with Crippen molar-refractivity contribution in [1.29, 1.82) is 0 Å². The zero-order valence-corrected chi connectivity index (χ0v) is 17.5. The number of carbonyl (C=O) groups excluding carboxylic acids is 2. The largest absolute Gasteiger partial charge is 0.356 e. The van der Waals surface area contributed by atoms with Gasteiger partial charge in [-0.2, -0.15) is 0 Å². The molecule has 5 rings (SSSR count). The number of hydrogen-bond donors (Lipinski definition) is 1. The number of nitrogens with zero attached hydrogens (tertiary/aromatic N) is 1. The van der Waals surface area contributed by atoms with Gasteiger partial charge in [-0.15, -0.1) is 0 Å². The van der Waals surface area contributed by atoms with Crippen molar-refractivity contribution >= 4 is 44.5 Å². The lowest BCUT2D eigenvalue weighted by Crippen LogP contribution is -2.47.